The zero-order valence-electron chi connectivity index (χ0n) is 19.8. The summed E-state index contributed by atoms with van der Waals surface area (Å²) in [6.45, 7) is 3.31. The van der Waals surface area contributed by atoms with E-state index in [2.05, 4.69) is 36.6 Å². The highest BCUT2D eigenvalue weighted by Gasteiger charge is 2.26. The summed E-state index contributed by atoms with van der Waals surface area (Å²) in [6.07, 6.45) is 2.55. The summed E-state index contributed by atoms with van der Waals surface area (Å²) in [4.78, 5) is 19.3. The quantitative estimate of drug-likeness (QED) is 0.267. The van der Waals surface area contributed by atoms with E-state index in [9.17, 15) is 4.79 Å². The Balaban J connectivity index is 1.26. The van der Waals surface area contributed by atoms with E-state index in [0.717, 1.165) is 52.7 Å². The van der Waals surface area contributed by atoms with Crippen LogP contribution in [0, 0.1) is 0 Å². The SMILES string of the molecule is CCc1ccc(OCCCN2C(=O)COc3ccc(-c4csc(Cc5ccccc5)n4)cc32)cc1. The molecule has 1 aromatic heterocycles. The molecule has 1 aliphatic rings. The number of fused-ring (bicyclic) bond motifs is 1. The molecule has 0 bridgehead atoms. The van der Waals surface area contributed by atoms with E-state index in [0.29, 0.717) is 13.2 Å². The fraction of sp³-hybridized carbons (Fsp3) is 0.241. The molecule has 0 aliphatic carbocycles. The molecule has 0 atom stereocenters. The number of nitrogens with zero attached hydrogens (tertiary/aromatic N) is 2. The largest absolute Gasteiger partial charge is 0.494 e. The molecule has 4 aromatic rings. The summed E-state index contributed by atoms with van der Waals surface area (Å²) in [5.41, 5.74) is 5.22. The maximum Gasteiger partial charge on any atom is 0.265 e. The minimum atomic E-state index is -0.0370. The molecule has 3 aromatic carbocycles. The number of benzene rings is 3. The van der Waals surface area contributed by atoms with Crippen LogP contribution in [0.1, 0.15) is 29.5 Å². The predicted octanol–water partition coefficient (Wildman–Crippen LogP) is 6.16. The van der Waals surface area contributed by atoms with E-state index >= 15 is 0 Å². The van der Waals surface area contributed by atoms with Crippen molar-refractivity contribution >= 4 is 22.9 Å². The third-order valence-electron chi connectivity index (χ3n) is 6.07. The van der Waals surface area contributed by atoms with Crippen molar-refractivity contribution in [1.82, 2.24) is 4.98 Å². The van der Waals surface area contributed by atoms with Crippen LogP contribution in [0.4, 0.5) is 5.69 Å². The van der Waals surface area contributed by atoms with E-state index in [1.807, 2.05) is 53.4 Å². The molecule has 2 heterocycles. The Labute approximate surface area is 210 Å². The minimum absolute atomic E-state index is 0.0370. The Morgan fingerprint density at radius 2 is 1.86 bits per heavy atom. The number of carbonyl (C=O) groups excluding carboxylic acids is 1. The third kappa shape index (κ3) is 5.54. The van der Waals surface area contributed by atoms with Crippen LogP contribution in [-0.2, 0) is 17.6 Å². The van der Waals surface area contributed by atoms with Gasteiger partial charge in [-0.3, -0.25) is 4.79 Å². The number of aryl methyl sites for hydroxylation is 1. The molecule has 0 spiro atoms. The first-order chi connectivity index (χ1) is 17.2. The summed E-state index contributed by atoms with van der Waals surface area (Å²) in [7, 11) is 0. The number of anilines is 1. The molecule has 0 fully saturated rings. The normalized spacial score (nSPS) is 12.8. The van der Waals surface area contributed by atoms with Gasteiger partial charge in [-0.05, 0) is 54.3 Å². The maximum absolute atomic E-state index is 12.7. The molecule has 35 heavy (non-hydrogen) atoms. The monoisotopic (exact) mass is 484 g/mol. The summed E-state index contributed by atoms with van der Waals surface area (Å²) in [5.74, 6) is 1.54. The van der Waals surface area contributed by atoms with Gasteiger partial charge < -0.3 is 14.4 Å². The molecule has 5 rings (SSSR count). The van der Waals surface area contributed by atoms with Gasteiger partial charge in [0.2, 0.25) is 0 Å². The van der Waals surface area contributed by atoms with Gasteiger partial charge in [0.1, 0.15) is 11.5 Å². The van der Waals surface area contributed by atoms with Crippen molar-refractivity contribution in [2.45, 2.75) is 26.2 Å². The Morgan fingerprint density at radius 1 is 1.03 bits per heavy atom. The van der Waals surface area contributed by atoms with Gasteiger partial charge in [0.05, 0.1) is 23.0 Å². The first-order valence-electron chi connectivity index (χ1n) is 12.0. The number of hydrogen-bond acceptors (Lipinski definition) is 5. The van der Waals surface area contributed by atoms with Gasteiger partial charge in [0.25, 0.3) is 5.91 Å². The second kappa shape index (κ2) is 10.7. The Hall–Kier alpha value is -3.64. The van der Waals surface area contributed by atoms with Crippen LogP contribution in [0.5, 0.6) is 11.5 Å². The zero-order chi connectivity index (χ0) is 24.0. The van der Waals surface area contributed by atoms with Gasteiger partial charge in [0, 0.05) is 23.9 Å². The highest BCUT2D eigenvalue weighted by Crippen LogP contribution is 2.36. The minimum Gasteiger partial charge on any atom is -0.494 e. The highest BCUT2D eigenvalue weighted by atomic mass is 32.1. The number of carbonyl (C=O) groups is 1. The van der Waals surface area contributed by atoms with Crippen molar-refractivity contribution in [3.8, 4) is 22.8 Å². The second-order valence-electron chi connectivity index (χ2n) is 8.50. The first kappa shape index (κ1) is 23.1. The number of thiazole rings is 1. The van der Waals surface area contributed by atoms with Crippen LogP contribution in [0.2, 0.25) is 0 Å². The Morgan fingerprint density at radius 3 is 2.66 bits per heavy atom. The average molecular weight is 485 g/mol. The van der Waals surface area contributed by atoms with Gasteiger partial charge >= 0.3 is 0 Å². The molecule has 0 N–H and O–H groups in total. The smallest absolute Gasteiger partial charge is 0.265 e. The van der Waals surface area contributed by atoms with E-state index in [-0.39, 0.29) is 12.5 Å². The Kier molecular flexibility index (Phi) is 7.09. The van der Waals surface area contributed by atoms with Crippen molar-refractivity contribution in [2.75, 3.05) is 24.7 Å². The van der Waals surface area contributed by atoms with Crippen molar-refractivity contribution in [2.24, 2.45) is 0 Å². The number of amides is 1. The van der Waals surface area contributed by atoms with Crippen LogP contribution in [0.25, 0.3) is 11.3 Å². The van der Waals surface area contributed by atoms with Gasteiger partial charge in [-0.15, -0.1) is 11.3 Å². The zero-order valence-corrected chi connectivity index (χ0v) is 20.6. The molecule has 178 valence electrons. The van der Waals surface area contributed by atoms with Gasteiger partial charge in [-0.2, -0.15) is 0 Å². The Bertz CT molecular complexity index is 1290. The van der Waals surface area contributed by atoms with Gasteiger partial charge in [0.15, 0.2) is 6.61 Å². The van der Waals surface area contributed by atoms with E-state index in [1.165, 1.54) is 11.1 Å². The van der Waals surface area contributed by atoms with Crippen LogP contribution in [0.15, 0.2) is 78.2 Å². The summed E-state index contributed by atoms with van der Waals surface area (Å²) in [5, 5.41) is 3.14. The van der Waals surface area contributed by atoms with Crippen LogP contribution in [0.3, 0.4) is 0 Å². The fourth-order valence-electron chi connectivity index (χ4n) is 4.14. The lowest BCUT2D eigenvalue weighted by Gasteiger charge is -2.29. The third-order valence-corrected chi connectivity index (χ3v) is 6.92. The molecular weight excluding hydrogens is 456 g/mol. The number of rotatable bonds is 9. The number of hydrogen-bond donors (Lipinski definition) is 0. The van der Waals surface area contributed by atoms with E-state index < -0.39 is 0 Å². The second-order valence-corrected chi connectivity index (χ2v) is 9.45. The molecular formula is C29H28N2O3S. The van der Waals surface area contributed by atoms with E-state index in [1.54, 1.807) is 11.3 Å². The fourth-order valence-corrected chi connectivity index (χ4v) is 4.97. The van der Waals surface area contributed by atoms with Crippen molar-refractivity contribution in [3.05, 3.63) is 94.3 Å². The summed E-state index contributed by atoms with van der Waals surface area (Å²) in [6, 6.07) is 24.5. The van der Waals surface area contributed by atoms with Crippen LogP contribution >= 0.6 is 11.3 Å². The van der Waals surface area contributed by atoms with Crippen LogP contribution < -0.4 is 14.4 Å². The van der Waals surface area contributed by atoms with Gasteiger partial charge in [-0.1, -0.05) is 49.4 Å². The average Bonchev–Trinajstić information content (AvgIpc) is 3.36. The molecule has 0 saturated carbocycles. The lowest BCUT2D eigenvalue weighted by molar-refractivity contribution is -0.121. The molecule has 5 nitrogen and oxygen atoms in total. The van der Waals surface area contributed by atoms with Crippen molar-refractivity contribution < 1.29 is 14.3 Å². The molecule has 0 radical (unpaired) electrons. The standard InChI is InChI=1S/C29H28N2O3S/c1-2-21-9-12-24(13-10-21)33-16-6-15-31-26-18-23(11-14-27(26)34-19-29(31)32)25-20-35-28(30-25)17-22-7-4-3-5-8-22/h3-5,7-14,18,20H,2,6,15-17,19H2,1H3. The van der Waals surface area contributed by atoms with Crippen molar-refractivity contribution in [3.63, 3.8) is 0 Å². The van der Waals surface area contributed by atoms with Crippen molar-refractivity contribution in [1.29, 1.82) is 0 Å². The topological polar surface area (TPSA) is 51.7 Å². The van der Waals surface area contributed by atoms with Gasteiger partial charge in [-0.25, -0.2) is 4.98 Å². The summed E-state index contributed by atoms with van der Waals surface area (Å²) >= 11 is 1.66. The lowest BCUT2D eigenvalue weighted by atomic mass is 10.1. The molecule has 0 unspecified atom stereocenters. The predicted molar refractivity (Wildman–Crippen MR) is 141 cm³/mol. The summed E-state index contributed by atoms with van der Waals surface area (Å²) < 4.78 is 11.6. The van der Waals surface area contributed by atoms with E-state index in [4.69, 9.17) is 14.5 Å². The number of aromatic nitrogens is 1. The molecule has 6 heteroatoms. The van der Waals surface area contributed by atoms with Crippen LogP contribution in [-0.4, -0.2) is 30.6 Å². The molecule has 0 saturated heterocycles. The number of ether oxygens (including phenoxy) is 2. The molecule has 1 amide bonds. The first-order valence-corrected chi connectivity index (χ1v) is 12.8. The highest BCUT2D eigenvalue weighted by molar-refractivity contribution is 7.10. The lowest BCUT2D eigenvalue weighted by Crippen LogP contribution is -2.39. The maximum atomic E-state index is 12.7. The molecule has 1 aliphatic heterocycles.